The van der Waals surface area contributed by atoms with Crippen molar-refractivity contribution in [3.63, 3.8) is 0 Å². The highest BCUT2D eigenvalue weighted by molar-refractivity contribution is 6.01. The van der Waals surface area contributed by atoms with Crippen LogP contribution in [0.1, 0.15) is 52.9 Å². The van der Waals surface area contributed by atoms with Crippen molar-refractivity contribution in [3.8, 4) is 0 Å². The van der Waals surface area contributed by atoms with Crippen LogP contribution in [-0.2, 0) is 14.3 Å². The number of ether oxygens (including phenoxy) is 1. The van der Waals surface area contributed by atoms with Gasteiger partial charge in [0, 0.05) is 24.3 Å². The molecule has 24 heavy (non-hydrogen) atoms. The van der Waals surface area contributed by atoms with Crippen LogP contribution in [0.5, 0.6) is 0 Å². The number of fused-ring (bicyclic) bond motifs is 1. The van der Waals surface area contributed by atoms with Gasteiger partial charge in [0.05, 0.1) is 6.26 Å². The molecule has 1 aliphatic heterocycles. The maximum absolute atomic E-state index is 12.3. The topological polar surface area (TPSA) is 63.6 Å². The molecule has 0 saturated carbocycles. The Balaban J connectivity index is 2.23. The first-order chi connectivity index (χ1) is 11.4. The van der Waals surface area contributed by atoms with Gasteiger partial charge in [0.1, 0.15) is 17.1 Å². The van der Waals surface area contributed by atoms with Crippen molar-refractivity contribution in [3.05, 3.63) is 47.5 Å². The van der Waals surface area contributed by atoms with Gasteiger partial charge in [-0.1, -0.05) is 25.8 Å². The van der Waals surface area contributed by atoms with Crippen LogP contribution in [0, 0.1) is 5.92 Å². The monoisotopic (exact) mass is 330 g/mol. The first-order valence-electron chi connectivity index (χ1n) is 8.61. The number of carbonyl (C=O) groups is 2. The number of hydrogen-bond acceptors (Lipinski definition) is 4. The van der Waals surface area contributed by atoms with E-state index in [-0.39, 0.29) is 18.0 Å². The molecule has 1 aliphatic carbocycles. The molecule has 0 aromatic carbocycles. The maximum Gasteiger partial charge on any atom is 0.188 e. The van der Waals surface area contributed by atoms with E-state index in [0.29, 0.717) is 12.2 Å². The third-order valence-corrected chi connectivity index (χ3v) is 4.61. The van der Waals surface area contributed by atoms with Gasteiger partial charge in [-0.25, -0.2) is 0 Å². The molecule has 2 unspecified atom stereocenters. The summed E-state index contributed by atoms with van der Waals surface area (Å²) in [6, 6.07) is 0. The summed E-state index contributed by atoms with van der Waals surface area (Å²) in [5, 5.41) is 10.7. The van der Waals surface area contributed by atoms with Crippen LogP contribution in [0.2, 0.25) is 0 Å². The predicted molar refractivity (Wildman–Crippen MR) is 93.0 cm³/mol. The van der Waals surface area contributed by atoms with Crippen molar-refractivity contribution in [2.75, 3.05) is 0 Å². The first kappa shape index (κ1) is 18.4. The highest BCUT2D eigenvalue weighted by Crippen LogP contribution is 2.41. The van der Waals surface area contributed by atoms with E-state index in [9.17, 15) is 14.7 Å². The van der Waals surface area contributed by atoms with E-state index in [4.69, 9.17) is 4.74 Å². The lowest BCUT2D eigenvalue weighted by Crippen LogP contribution is -2.47. The summed E-state index contributed by atoms with van der Waals surface area (Å²) in [5.41, 5.74) is -0.140. The van der Waals surface area contributed by atoms with Crippen LogP contribution in [0.15, 0.2) is 47.5 Å². The quantitative estimate of drug-likeness (QED) is 0.722. The lowest BCUT2D eigenvalue weighted by atomic mass is 9.70. The van der Waals surface area contributed by atoms with Gasteiger partial charge < -0.3 is 9.84 Å². The van der Waals surface area contributed by atoms with Crippen LogP contribution in [-0.4, -0.2) is 22.3 Å². The van der Waals surface area contributed by atoms with Crippen molar-refractivity contribution >= 4 is 11.6 Å². The summed E-state index contributed by atoms with van der Waals surface area (Å²) in [5.74, 6) is -0.219. The second-order valence-corrected chi connectivity index (χ2v) is 6.60. The number of aliphatic hydroxyl groups is 1. The number of unbranched alkanes of at least 4 members (excludes halogenated alkanes) is 2. The normalized spacial score (nSPS) is 26.4. The first-order valence-corrected chi connectivity index (χ1v) is 8.61. The highest BCUT2D eigenvalue weighted by Gasteiger charge is 2.45. The summed E-state index contributed by atoms with van der Waals surface area (Å²) in [6.45, 7) is 5.45. The Labute approximate surface area is 143 Å². The van der Waals surface area contributed by atoms with Gasteiger partial charge >= 0.3 is 0 Å². The van der Waals surface area contributed by atoms with Crippen LogP contribution in [0.3, 0.4) is 0 Å². The standard InChI is InChI=1S/C20H26O4/c1-4-6-7-9-15(21)12-18-17-13-24-16(8-5-2)10-14(17)11-19(22)20(18,3)23/h5,8,10-11,13,18,23H,4,6-7,9,12H2,1-3H3. The summed E-state index contributed by atoms with van der Waals surface area (Å²) in [7, 11) is 0. The fourth-order valence-electron chi connectivity index (χ4n) is 3.10. The van der Waals surface area contributed by atoms with E-state index in [1.807, 2.05) is 13.0 Å². The van der Waals surface area contributed by atoms with E-state index in [0.717, 1.165) is 30.4 Å². The molecule has 0 fully saturated rings. The molecule has 0 radical (unpaired) electrons. The zero-order valence-corrected chi connectivity index (χ0v) is 14.7. The summed E-state index contributed by atoms with van der Waals surface area (Å²) >= 11 is 0. The molecule has 0 amide bonds. The molecule has 4 heteroatoms. The van der Waals surface area contributed by atoms with E-state index in [1.54, 1.807) is 18.4 Å². The average molecular weight is 330 g/mol. The Bertz CT molecular complexity index is 632. The van der Waals surface area contributed by atoms with Crippen molar-refractivity contribution in [2.45, 2.75) is 58.5 Å². The second-order valence-electron chi connectivity index (χ2n) is 6.60. The molecular weight excluding hydrogens is 304 g/mol. The maximum atomic E-state index is 12.3. The Hall–Kier alpha value is -1.94. The van der Waals surface area contributed by atoms with Gasteiger partial charge in [-0.2, -0.15) is 0 Å². The van der Waals surface area contributed by atoms with Gasteiger partial charge in [0.2, 0.25) is 0 Å². The van der Waals surface area contributed by atoms with Gasteiger partial charge in [-0.3, -0.25) is 9.59 Å². The van der Waals surface area contributed by atoms with E-state index >= 15 is 0 Å². The molecule has 4 nitrogen and oxygen atoms in total. The number of Topliss-reactive ketones (excluding diaryl/α,β-unsaturated/α-hetero) is 1. The molecule has 1 N–H and O–H groups in total. The fraction of sp³-hybridized carbons (Fsp3) is 0.500. The Kier molecular flexibility index (Phi) is 5.94. The molecule has 0 saturated heterocycles. The smallest absolute Gasteiger partial charge is 0.188 e. The van der Waals surface area contributed by atoms with Crippen molar-refractivity contribution < 1.29 is 19.4 Å². The molecule has 2 rings (SSSR count). The lowest BCUT2D eigenvalue weighted by Gasteiger charge is -2.37. The largest absolute Gasteiger partial charge is 0.465 e. The van der Waals surface area contributed by atoms with Gasteiger partial charge in [-0.05, 0) is 44.1 Å². The van der Waals surface area contributed by atoms with Crippen molar-refractivity contribution in [2.24, 2.45) is 5.92 Å². The molecule has 0 spiro atoms. The minimum Gasteiger partial charge on any atom is -0.465 e. The molecule has 0 bridgehead atoms. The molecule has 2 aliphatic rings. The van der Waals surface area contributed by atoms with Gasteiger partial charge in [-0.15, -0.1) is 0 Å². The third-order valence-electron chi connectivity index (χ3n) is 4.61. The Morgan fingerprint density at radius 1 is 1.38 bits per heavy atom. The molecule has 0 aromatic rings. The summed E-state index contributed by atoms with van der Waals surface area (Å²) in [4.78, 5) is 24.6. The predicted octanol–water partition coefficient (Wildman–Crippen LogP) is 3.78. The average Bonchev–Trinajstić information content (AvgIpc) is 2.53. The molecular formula is C20H26O4. The number of ketones is 2. The van der Waals surface area contributed by atoms with E-state index in [1.165, 1.54) is 13.0 Å². The van der Waals surface area contributed by atoms with Crippen molar-refractivity contribution in [1.82, 2.24) is 0 Å². The van der Waals surface area contributed by atoms with Crippen LogP contribution < -0.4 is 0 Å². The molecule has 1 heterocycles. The van der Waals surface area contributed by atoms with Crippen LogP contribution in [0.4, 0.5) is 0 Å². The van der Waals surface area contributed by atoms with Crippen LogP contribution >= 0.6 is 0 Å². The number of allylic oxidation sites excluding steroid dienone is 4. The zero-order valence-electron chi connectivity index (χ0n) is 14.7. The highest BCUT2D eigenvalue weighted by atomic mass is 16.5. The minimum absolute atomic E-state index is 0.0758. The molecule has 2 atom stereocenters. The minimum atomic E-state index is -1.58. The number of hydrogen-bond donors (Lipinski definition) is 1. The number of rotatable bonds is 7. The molecule has 130 valence electrons. The number of carbonyl (C=O) groups excluding carboxylic acids is 2. The molecule has 0 aromatic heterocycles. The lowest BCUT2D eigenvalue weighted by molar-refractivity contribution is -0.137. The third kappa shape index (κ3) is 3.93. The van der Waals surface area contributed by atoms with Crippen LogP contribution in [0.25, 0.3) is 0 Å². The Morgan fingerprint density at radius 3 is 2.79 bits per heavy atom. The zero-order chi connectivity index (χ0) is 17.7. The van der Waals surface area contributed by atoms with Crippen molar-refractivity contribution in [1.29, 1.82) is 0 Å². The van der Waals surface area contributed by atoms with E-state index < -0.39 is 11.5 Å². The fourth-order valence-corrected chi connectivity index (χ4v) is 3.10. The van der Waals surface area contributed by atoms with Gasteiger partial charge in [0.15, 0.2) is 5.78 Å². The SMILES string of the molecule is CC=CC1=CC2=CC(=O)C(C)(O)C(CC(=O)CCCCC)C2=CO1. The summed E-state index contributed by atoms with van der Waals surface area (Å²) < 4.78 is 5.56. The van der Waals surface area contributed by atoms with E-state index in [2.05, 4.69) is 6.92 Å². The van der Waals surface area contributed by atoms with Gasteiger partial charge in [0.25, 0.3) is 0 Å². The second kappa shape index (κ2) is 7.75. The summed E-state index contributed by atoms with van der Waals surface area (Å²) in [6.07, 6.45) is 12.0. The Morgan fingerprint density at radius 2 is 2.12 bits per heavy atom.